The number of rotatable bonds is 6. The van der Waals surface area contributed by atoms with Crippen LogP contribution in [-0.2, 0) is 4.74 Å². The molecule has 0 amide bonds. The van der Waals surface area contributed by atoms with E-state index in [9.17, 15) is 4.79 Å². The van der Waals surface area contributed by atoms with E-state index >= 15 is 0 Å². The van der Waals surface area contributed by atoms with Crippen molar-refractivity contribution in [2.75, 3.05) is 26.1 Å². The summed E-state index contributed by atoms with van der Waals surface area (Å²) in [5.74, 6) is 0.444. The van der Waals surface area contributed by atoms with E-state index in [1.54, 1.807) is 43.5 Å². The number of carbonyl (C=O) groups excluding carboxylic acids is 1. The van der Waals surface area contributed by atoms with E-state index in [1.807, 2.05) is 6.92 Å². The molecule has 0 aliphatic heterocycles. The molecule has 0 fully saturated rings. The summed E-state index contributed by atoms with van der Waals surface area (Å²) in [4.78, 5) is 12.6. The number of anilines is 1. The number of ketones is 1. The van der Waals surface area contributed by atoms with Gasteiger partial charge in [0, 0.05) is 30.0 Å². The molecule has 116 valence electrons. The quantitative estimate of drug-likeness (QED) is 0.503. The lowest BCUT2D eigenvalue weighted by molar-refractivity contribution is 0.103. The number of benzene rings is 2. The molecule has 0 atom stereocenters. The number of methoxy groups -OCH3 is 1. The first kappa shape index (κ1) is 16.3. The summed E-state index contributed by atoms with van der Waals surface area (Å²) in [6.07, 6.45) is 0. The van der Waals surface area contributed by atoms with Gasteiger partial charge in [-0.25, -0.2) is 0 Å². The SMILES string of the molecule is COCCOc1cc(N)c(C(=O)c2ccccc2Cl)cc1C. The number of hydrogen-bond acceptors (Lipinski definition) is 4. The van der Waals surface area contributed by atoms with Crippen molar-refractivity contribution in [1.82, 2.24) is 0 Å². The Morgan fingerprint density at radius 1 is 1.18 bits per heavy atom. The van der Waals surface area contributed by atoms with Crippen LogP contribution in [0.25, 0.3) is 0 Å². The van der Waals surface area contributed by atoms with Crippen LogP contribution in [0.1, 0.15) is 21.5 Å². The second-order valence-corrected chi connectivity index (χ2v) is 5.26. The molecule has 0 saturated heterocycles. The Morgan fingerprint density at radius 3 is 2.59 bits per heavy atom. The molecule has 22 heavy (non-hydrogen) atoms. The minimum Gasteiger partial charge on any atom is -0.491 e. The van der Waals surface area contributed by atoms with Crippen LogP contribution in [0, 0.1) is 6.92 Å². The van der Waals surface area contributed by atoms with Gasteiger partial charge in [-0.1, -0.05) is 23.7 Å². The molecule has 0 aliphatic rings. The topological polar surface area (TPSA) is 61.6 Å². The van der Waals surface area contributed by atoms with Crippen LogP contribution in [0.4, 0.5) is 5.69 Å². The second kappa shape index (κ2) is 7.29. The molecule has 0 radical (unpaired) electrons. The molecule has 2 aromatic rings. The minimum atomic E-state index is -0.199. The largest absolute Gasteiger partial charge is 0.491 e. The number of aryl methyl sites for hydroxylation is 1. The first-order valence-electron chi connectivity index (χ1n) is 6.85. The predicted molar refractivity (Wildman–Crippen MR) is 87.8 cm³/mol. The molecule has 4 nitrogen and oxygen atoms in total. The molecule has 5 heteroatoms. The molecule has 0 aliphatic carbocycles. The normalized spacial score (nSPS) is 10.5. The Bertz CT molecular complexity index is 686. The smallest absolute Gasteiger partial charge is 0.196 e. The average molecular weight is 320 g/mol. The highest BCUT2D eigenvalue weighted by Gasteiger charge is 2.17. The van der Waals surface area contributed by atoms with Gasteiger partial charge in [0.2, 0.25) is 0 Å². The van der Waals surface area contributed by atoms with Crippen LogP contribution in [0.5, 0.6) is 5.75 Å². The highest BCUT2D eigenvalue weighted by atomic mass is 35.5. The van der Waals surface area contributed by atoms with E-state index in [0.29, 0.717) is 40.8 Å². The monoisotopic (exact) mass is 319 g/mol. The van der Waals surface area contributed by atoms with E-state index in [4.69, 9.17) is 26.8 Å². The number of hydrogen-bond donors (Lipinski definition) is 1. The summed E-state index contributed by atoms with van der Waals surface area (Å²) < 4.78 is 10.5. The first-order valence-corrected chi connectivity index (χ1v) is 7.23. The van der Waals surface area contributed by atoms with Crippen molar-refractivity contribution in [3.05, 3.63) is 58.1 Å². The summed E-state index contributed by atoms with van der Waals surface area (Å²) in [7, 11) is 1.61. The van der Waals surface area contributed by atoms with E-state index in [-0.39, 0.29) is 5.78 Å². The third-order valence-corrected chi connectivity index (χ3v) is 3.58. The van der Waals surface area contributed by atoms with E-state index in [1.165, 1.54) is 0 Å². The first-order chi connectivity index (χ1) is 10.5. The minimum absolute atomic E-state index is 0.199. The van der Waals surface area contributed by atoms with Gasteiger partial charge in [0.15, 0.2) is 5.78 Å². The Morgan fingerprint density at radius 2 is 1.91 bits per heavy atom. The number of ether oxygens (including phenoxy) is 2. The molecule has 2 aromatic carbocycles. The van der Waals surface area contributed by atoms with Gasteiger partial charge in [0.05, 0.1) is 11.6 Å². The Labute approximate surface area is 134 Å². The average Bonchev–Trinajstić information content (AvgIpc) is 2.50. The van der Waals surface area contributed by atoms with Gasteiger partial charge in [0.25, 0.3) is 0 Å². The Balaban J connectivity index is 2.31. The van der Waals surface area contributed by atoms with Crippen molar-refractivity contribution in [2.24, 2.45) is 0 Å². The van der Waals surface area contributed by atoms with Crippen molar-refractivity contribution >= 4 is 23.1 Å². The Kier molecular flexibility index (Phi) is 5.41. The standard InChI is InChI=1S/C17H18ClNO3/c1-11-9-13(15(19)10-16(11)22-8-7-21-2)17(20)12-5-3-4-6-14(12)18/h3-6,9-10H,7-8,19H2,1-2H3. The molecule has 0 saturated carbocycles. The summed E-state index contributed by atoms with van der Waals surface area (Å²) in [6, 6.07) is 10.3. The van der Waals surface area contributed by atoms with Crippen molar-refractivity contribution in [2.45, 2.75) is 6.92 Å². The van der Waals surface area contributed by atoms with Crippen LogP contribution in [-0.4, -0.2) is 26.1 Å². The molecular formula is C17H18ClNO3. The van der Waals surface area contributed by atoms with E-state index in [2.05, 4.69) is 0 Å². The zero-order chi connectivity index (χ0) is 16.1. The zero-order valence-electron chi connectivity index (χ0n) is 12.6. The molecule has 2 rings (SSSR count). The van der Waals surface area contributed by atoms with Crippen LogP contribution >= 0.6 is 11.6 Å². The van der Waals surface area contributed by atoms with Gasteiger partial charge in [0.1, 0.15) is 12.4 Å². The van der Waals surface area contributed by atoms with Gasteiger partial charge in [-0.2, -0.15) is 0 Å². The highest BCUT2D eigenvalue weighted by molar-refractivity contribution is 6.35. The molecular weight excluding hydrogens is 302 g/mol. The zero-order valence-corrected chi connectivity index (χ0v) is 13.3. The van der Waals surface area contributed by atoms with E-state index < -0.39 is 0 Å². The molecule has 0 spiro atoms. The van der Waals surface area contributed by atoms with Crippen LogP contribution in [0.15, 0.2) is 36.4 Å². The predicted octanol–water partition coefficient (Wildman–Crippen LogP) is 3.49. The lowest BCUT2D eigenvalue weighted by Gasteiger charge is -2.13. The number of nitrogens with two attached hydrogens (primary N) is 1. The number of halogens is 1. The van der Waals surface area contributed by atoms with Gasteiger partial charge < -0.3 is 15.2 Å². The summed E-state index contributed by atoms with van der Waals surface area (Å²) in [5.41, 5.74) is 8.06. The maximum absolute atomic E-state index is 12.6. The number of carbonyl (C=O) groups is 1. The second-order valence-electron chi connectivity index (χ2n) is 4.86. The van der Waals surface area contributed by atoms with Gasteiger partial charge in [-0.05, 0) is 30.7 Å². The highest BCUT2D eigenvalue weighted by Crippen LogP contribution is 2.28. The molecule has 2 N–H and O–H groups in total. The number of nitrogen functional groups attached to an aromatic ring is 1. The summed E-state index contributed by atoms with van der Waals surface area (Å²) >= 11 is 6.08. The van der Waals surface area contributed by atoms with Crippen molar-refractivity contribution < 1.29 is 14.3 Å². The third-order valence-electron chi connectivity index (χ3n) is 3.26. The molecule has 0 heterocycles. The molecule has 0 aromatic heterocycles. The van der Waals surface area contributed by atoms with Crippen molar-refractivity contribution in [3.8, 4) is 5.75 Å². The maximum Gasteiger partial charge on any atom is 0.196 e. The van der Waals surface area contributed by atoms with E-state index in [0.717, 1.165) is 5.56 Å². The summed E-state index contributed by atoms with van der Waals surface area (Å²) in [5, 5.41) is 0.407. The fraction of sp³-hybridized carbons (Fsp3) is 0.235. The van der Waals surface area contributed by atoms with Crippen molar-refractivity contribution in [1.29, 1.82) is 0 Å². The molecule has 0 bridgehead atoms. The van der Waals surface area contributed by atoms with Gasteiger partial charge in [-0.3, -0.25) is 4.79 Å². The Hall–Kier alpha value is -2.04. The fourth-order valence-electron chi connectivity index (χ4n) is 2.08. The van der Waals surface area contributed by atoms with Gasteiger partial charge >= 0.3 is 0 Å². The fourth-order valence-corrected chi connectivity index (χ4v) is 2.30. The van der Waals surface area contributed by atoms with Crippen LogP contribution in [0.3, 0.4) is 0 Å². The third kappa shape index (κ3) is 3.59. The van der Waals surface area contributed by atoms with Crippen LogP contribution < -0.4 is 10.5 Å². The van der Waals surface area contributed by atoms with Crippen LogP contribution in [0.2, 0.25) is 5.02 Å². The lowest BCUT2D eigenvalue weighted by atomic mass is 9.99. The van der Waals surface area contributed by atoms with Crippen molar-refractivity contribution in [3.63, 3.8) is 0 Å². The molecule has 0 unspecified atom stereocenters. The summed E-state index contributed by atoms with van der Waals surface area (Å²) in [6.45, 7) is 2.78. The van der Waals surface area contributed by atoms with Gasteiger partial charge in [-0.15, -0.1) is 0 Å². The lowest BCUT2D eigenvalue weighted by Crippen LogP contribution is -2.09. The maximum atomic E-state index is 12.6.